The van der Waals surface area contributed by atoms with Crippen molar-refractivity contribution < 1.29 is 14.6 Å². The van der Waals surface area contributed by atoms with Crippen molar-refractivity contribution in [2.24, 2.45) is 0 Å². The first-order chi connectivity index (χ1) is 9.75. The van der Waals surface area contributed by atoms with Gasteiger partial charge >= 0.3 is 5.97 Å². The smallest absolute Gasteiger partial charge is 0.303 e. The van der Waals surface area contributed by atoms with Gasteiger partial charge in [0, 0.05) is 11.8 Å². The van der Waals surface area contributed by atoms with Gasteiger partial charge in [-0.15, -0.1) is 0 Å². The van der Waals surface area contributed by atoms with Gasteiger partial charge in [0.25, 0.3) is 0 Å². The highest BCUT2D eigenvalue weighted by molar-refractivity contribution is 5.69. The van der Waals surface area contributed by atoms with Crippen LogP contribution >= 0.6 is 0 Å². The maximum Gasteiger partial charge on any atom is 0.303 e. The van der Waals surface area contributed by atoms with Crippen molar-refractivity contribution >= 4 is 5.97 Å². The summed E-state index contributed by atoms with van der Waals surface area (Å²) in [5.74, 6) is 0.0839. The van der Waals surface area contributed by atoms with E-state index in [1.54, 1.807) is 0 Å². The summed E-state index contributed by atoms with van der Waals surface area (Å²) in [7, 11) is 0. The van der Waals surface area contributed by atoms with E-state index in [1.165, 1.54) is 0 Å². The number of para-hydroxylation sites is 1. The van der Waals surface area contributed by atoms with E-state index >= 15 is 0 Å². The molecule has 0 saturated carbocycles. The van der Waals surface area contributed by atoms with Crippen LogP contribution in [0, 0.1) is 0 Å². The van der Waals surface area contributed by atoms with Gasteiger partial charge in [-0.2, -0.15) is 0 Å². The molecule has 1 aliphatic rings. The minimum atomic E-state index is -0.771. The molecule has 2 aromatic carbocycles. The molecule has 20 heavy (non-hydrogen) atoms. The Morgan fingerprint density at radius 2 is 1.80 bits per heavy atom. The minimum absolute atomic E-state index is 0.0418. The Morgan fingerprint density at radius 3 is 2.55 bits per heavy atom. The van der Waals surface area contributed by atoms with Crippen LogP contribution in [0.15, 0.2) is 54.6 Å². The number of carboxylic acid groups (broad SMARTS) is 1. The maximum absolute atomic E-state index is 11.2. The van der Waals surface area contributed by atoms with Crippen molar-refractivity contribution in [3.8, 4) is 5.75 Å². The summed E-state index contributed by atoms with van der Waals surface area (Å²) in [6.45, 7) is 0.527. The standard InChI is InChI=1S/C17H16O3/c18-17(19)10-14-13-8-4-5-9-16(13)20-11-15(14)12-6-2-1-3-7-12/h1-9,14-15H,10-11H2,(H,18,19)/t14-,15-/m0/s1. The van der Waals surface area contributed by atoms with Gasteiger partial charge in [0.15, 0.2) is 0 Å². The fourth-order valence-corrected chi connectivity index (χ4v) is 2.90. The maximum atomic E-state index is 11.2. The van der Waals surface area contributed by atoms with Crippen molar-refractivity contribution in [3.63, 3.8) is 0 Å². The topological polar surface area (TPSA) is 46.5 Å². The van der Waals surface area contributed by atoms with Gasteiger partial charge in [-0.3, -0.25) is 4.79 Å². The number of carboxylic acids is 1. The van der Waals surface area contributed by atoms with Crippen molar-refractivity contribution in [1.82, 2.24) is 0 Å². The van der Waals surface area contributed by atoms with Gasteiger partial charge in [0.2, 0.25) is 0 Å². The summed E-state index contributed by atoms with van der Waals surface area (Å²) in [4.78, 5) is 11.2. The Bertz CT molecular complexity index is 607. The number of hydrogen-bond donors (Lipinski definition) is 1. The Morgan fingerprint density at radius 1 is 1.10 bits per heavy atom. The third-order valence-electron chi connectivity index (χ3n) is 3.84. The fourth-order valence-electron chi connectivity index (χ4n) is 2.90. The predicted octanol–water partition coefficient (Wildman–Crippen LogP) is 3.42. The summed E-state index contributed by atoms with van der Waals surface area (Å²) in [5.41, 5.74) is 2.13. The lowest BCUT2D eigenvalue weighted by Crippen LogP contribution is -2.26. The molecule has 1 heterocycles. The summed E-state index contributed by atoms with van der Waals surface area (Å²) >= 11 is 0. The highest BCUT2D eigenvalue weighted by Crippen LogP contribution is 2.43. The molecule has 3 nitrogen and oxygen atoms in total. The fraction of sp³-hybridized carbons (Fsp3) is 0.235. The van der Waals surface area contributed by atoms with Crippen LogP contribution in [0.25, 0.3) is 0 Å². The molecule has 2 aromatic rings. The van der Waals surface area contributed by atoms with Crippen LogP contribution < -0.4 is 4.74 Å². The average molecular weight is 268 g/mol. The highest BCUT2D eigenvalue weighted by atomic mass is 16.5. The lowest BCUT2D eigenvalue weighted by Gasteiger charge is -2.33. The van der Waals surface area contributed by atoms with Crippen molar-refractivity contribution in [3.05, 3.63) is 65.7 Å². The zero-order valence-corrected chi connectivity index (χ0v) is 11.0. The summed E-state index contributed by atoms with van der Waals surface area (Å²) in [6, 6.07) is 17.7. The molecule has 102 valence electrons. The first-order valence-corrected chi connectivity index (χ1v) is 6.74. The van der Waals surface area contributed by atoms with Gasteiger partial charge in [-0.1, -0.05) is 48.5 Å². The molecule has 0 aliphatic carbocycles. The molecule has 0 radical (unpaired) electrons. The zero-order chi connectivity index (χ0) is 13.9. The average Bonchev–Trinajstić information content (AvgIpc) is 2.48. The number of ether oxygens (including phenoxy) is 1. The first-order valence-electron chi connectivity index (χ1n) is 6.74. The molecule has 3 heteroatoms. The van der Waals surface area contributed by atoms with Crippen molar-refractivity contribution in [2.45, 2.75) is 18.3 Å². The van der Waals surface area contributed by atoms with Crippen LogP contribution in [-0.4, -0.2) is 17.7 Å². The second-order valence-corrected chi connectivity index (χ2v) is 5.07. The number of fused-ring (bicyclic) bond motifs is 1. The molecule has 0 spiro atoms. The number of aliphatic carboxylic acids is 1. The molecule has 2 atom stereocenters. The molecule has 0 saturated heterocycles. The van der Waals surface area contributed by atoms with Gasteiger partial charge < -0.3 is 9.84 Å². The van der Waals surface area contributed by atoms with E-state index in [-0.39, 0.29) is 18.3 Å². The van der Waals surface area contributed by atoms with E-state index in [0.29, 0.717) is 6.61 Å². The quantitative estimate of drug-likeness (QED) is 0.927. The van der Waals surface area contributed by atoms with Crippen LogP contribution in [0.4, 0.5) is 0 Å². The highest BCUT2D eigenvalue weighted by Gasteiger charge is 2.33. The van der Waals surface area contributed by atoms with E-state index in [4.69, 9.17) is 4.74 Å². The van der Waals surface area contributed by atoms with Gasteiger partial charge in [0.1, 0.15) is 5.75 Å². The monoisotopic (exact) mass is 268 g/mol. The SMILES string of the molecule is O=C(O)C[C@H]1c2ccccc2OC[C@H]1c1ccccc1. The van der Waals surface area contributed by atoms with Crippen LogP contribution in [0.1, 0.15) is 29.4 Å². The number of benzene rings is 2. The lowest BCUT2D eigenvalue weighted by atomic mass is 9.78. The lowest BCUT2D eigenvalue weighted by molar-refractivity contribution is -0.137. The molecule has 0 amide bonds. The number of hydrogen-bond acceptors (Lipinski definition) is 2. The Hall–Kier alpha value is -2.29. The molecule has 0 fully saturated rings. The Balaban J connectivity index is 2.01. The third-order valence-corrected chi connectivity index (χ3v) is 3.84. The van der Waals surface area contributed by atoms with Crippen molar-refractivity contribution in [1.29, 1.82) is 0 Å². The number of rotatable bonds is 3. The molecule has 3 rings (SSSR count). The normalized spacial score (nSPS) is 20.8. The zero-order valence-electron chi connectivity index (χ0n) is 11.0. The Labute approximate surface area is 117 Å². The summed E-state index contributed by atoms with van der Waals surface area (Å²) in [5, 5.41) is 9.22. The van der Waals surface area contributed by atoms with E-state index in [9.17, 15) is 9.90 Å². The molecular weight excluding hydrogens is 252 g/mol. The number of carbonyl (C=O) groups is 1. The molecular formula is C17H16O3. The molecule has 0 aromatic heterocycles. The molecule has 0 unspecified atom stereocenters. The minimum Gasteiger partial charge on any atom is -0.493 e. The van der Waals surface area contributed by atoms with Crippen LogP contribution in [-0.2, 0) is 4.79 Å². The summed E-state index contributed by atoms with van der Waals surface area (Å²) in [6.07, 6.45) is 0.125. The van der Waals surface area contributed by atoms with Crippen molar-refractivity contribution in [2.75, 3.05) is 6.61 Å². The second kappa shape index (κ2) is 5.37. The van der Waals surface area contributed by atoms with E-state index in [2.05, 4.69) is 0 Å². The molecule has 1 N–H and O–H groups in total. The Kier molecular flexibility index (Phi) is 3.42. The van der Waals surface area contributed by atoms with Crippen LogP contribution in [0.2, 0.25) is 0 Å². The predicted molar refractivity (Wildman–Crippen MR) is 76.1 cm³/mol. The van der Waals surface area contributed by atoms with E-state index < -0.39 is 5.97 Å². The molecule has 1 aliphatic heterocycles. The van der Waals surface area contributed by atoms with Crippen LogP contribution in [0.3, 0.4) is 0 Å². The van der Waals surface area contributed by atoms with Gasteiger partial charge in [-0.05, 0) is 17.2 Å². The first kappa shape index (κ1) is 12.7. The third kappa shape index (κ3) is 2.39. The van der Waals surface area contributed by atoms with Gasteiger partial charge in [-0.25, -0.2) is 0 Å². The summed E-state index contributed by atoms with van der Waals surface area (Å²) < 4.78 is 5.81. The van der Waals surface area contributed by atoms with E-state index in [0.717, 1.165) is 16.9 Å². The van der Waals surface area contributed by atoms with Gasteiger partial charge in [0.05, 0.1) is 13.0 Å². The van der Waals surface area contributed by atoms with E-state index in [1.807, 2.05) is 54.6 Å². The largest absolute Gasteiger partial charge is 0.493 e. The van der Waals surface area contributed by atoms with Crippen LogP contribution in [0.5, 0.6) is 5.75 Å². The second-order valence-electron chi connectivity index (χ2n) is 5.07. The molecule has 0 bridgehead atoms.